The second-order valence-electron chi connectivity index (χ2n) is 6.81. The van der Waals surface area contributed by atoms with Crippen molar-refractivity contribution in [2.75, 3.05) is 44.2 Å². The van der Waals surface area contributed by atoms with Gasteiger partial charge in [-0.15, -0.1) is 0 Å². The van der Waals surface area contributed by atoms with Crippen molar-refractivity contribution in [2.45, 2.75) is 38.4 Å². The number of pyridine rings is 1. The number of hydrogen-bond donors (Lipinski definition) is 0. The van der Waals surface area contributed by atoms with Crippen molar-refractivity contribution < 1.29 is 9.53 Å². The number of carbonyl (C=O) groups excluding carboxylic acids is 1. The zero-order valence-corrected chi connectivity index (χ0v) is 15.8. The zero-order chi connectivity index (χ0) is 17.3. The van der Waals surface area contributed by atoms with E-state index in [9.17, 15) is 4.79 Å². The van der Waals surface area contributed by atoms with Crippen LogP contribution in [0, 0.1) is 0 Å². The first-order valence-corrected chi connectivity index (χ1v) is 10.6. The molecule has 1 amide bonds. The van der Waals surface area contributed by atoms with Gasteiger partial charge in [-0.1, -0.05) is 6.07 Å². The molecular formula is C19H29N3O2S. The highest BCUT2D eigenvalue weighted by molar-refractivity contribution is 7.99. The highest BCUT2D eigenvalue weighted by Gasteiger charge is 2.23. The van der Waals surface area contributed by atoms with E-state index in [1.54, 1.807) is 18.0 Å². The molecule has 0 unspecified atom stereocenters. The van der Waals surface area contributed by atoms with Crippen LogP contribution in [0.25, 0.3) is 0 Å². The number of piperidine rings is 1. The minimum absolute atomic E-state index is 0.244. The number of ether oxygens (including phenoxy) is 1. The van der Waals surface area contributed by atoms with Crippen LogP contribution < -0.4 is 0 Å². The molecule has 2 fully saturated rings. The van der Waals surface area contributed by atoms with Crippen LogP contribution in [0.2, 0.25) is 0 Å². The number of thioether (sulfide) groups is 1. The molecule has 0 bridgehead atoms. The molecule has 0 aromatic carbocycles. The summed E-state index contributed by atoms with van der Waals surface area (Å²) in [6.45, 7) is 5.80. The highest BCUT2D eigenvalue weighted by Crippen LogP contribution is 2.17. The number of rotatable bonds is 8. The van der Waals surface area contributed by atoms with Gasteiger partial charge in [0.15, 0.2) is 0 Å². The van der Waals surface area contributed by atoms with E-state index in [1.807, 2.05) is 23.1 Å². The number of amides is 1. The van der Waals surface area contributed by atoms with Crippen molar-refractivity contribution >= 4 is 17.7 Å². The Labute approximate surface area is 155 Å². The molecule has 2 aliphatic heterocycles. The van der Waals surface area contributed by atoms with Gasteiger partial charge in [0, 0.05) is 31.6 Å². The molecule has 2 saturated heterocycles. The number of likely N-dealkylation sites (tertiary alicyclic amines) is 2. The van der Waals surface area contributed by atoms with Crippen LogP contribution in [0.3, 0.4) is 0 Å². The van der Waals surface area contributed by atoms with E-state index in [4.69, 9.17) is 4.74 Å². The van der Waals surface area contributed by atoms with Crippen molar-refractivity contribution in [1.82, 2.24) is 14.8 Å². The quantitative estimate of drug-likeness (QED) is 0.664. The van der Waals surface area contributed by atoms with E-state index in [0.717, 1.165) is 43.9 Å². The molecule has 5 nitrogen and oxygen atoms in total. The first-order chi connectivity index (χ1) is 12.3. The molecule has 0 saturated carbocycles. The van der Waals surface area contributed by atoms with Gasteiger partial charge in [0.05, 0.1) is 24.2 Å². The predicted molar refractivity (Wildman–Crippen MR) is 102 cm³/mol. The van der Waals surface area contributed by atoms with Gasteiger partial charge in [-0.05, 0) is 50.9 Å². The van der Waals surface area contributed by atoms with Gasteiger partial charge < -0.3 is 14.5 Å². The Kier molecular flexibility index (Phi) is 7.57. The molecule has 3 rings (SSSR count). The third kappa shape index (κ3) is 6.28. The van der Waals surface area contributed by atoms with E-state index in [2.05, 4.69) is 9.88 Å². The average Bonchev–Trinajstić information content (AvgIpc) is 3.18. The summed E-state index contributed by atoms with van der Waals surface area (Å²) in [7, 11) is 0. The molecule has 1 aromatic rings. The van der Waals surface area contributed by atoms with Crippen LogP contribution in [-0.4, -0.2) is 71.0 Å². The Hall–Kier alpha value is -1.11. The molecule has 25 heavy (non-hydrogen) atoms. The second kappa shape index (κ2) is 10.1. The lowest BCUT2D eigenvalue weighted by Crippen LogP contribution is -2.41. The summed E-state index contributed by atoms with van der Waals surface area (Å²) < 4.78 is 5.94. The number of hydrogen-bond acceptors (Lipinski definition) is 5. The van der Waals surface area contributed by atoms with Gasteiger partial charge in [-0.2, -0.15) is 11.8 Å². The van der Waals surface area contributed by atoms with E-state index >= 15 is 0 Å². The Bertz CT molecular complexity index is 515. The molecule has 0 radical (unpaired) electrons. The van der Waals surface area contributed by atoms with Crippen molar-refractivity contribution in [3.8, 4) is 0 Å². The minimum Gasteiger partial charge on any atom is -0.372 e. The first-order valence-electron chi connectivity index (χ1n) is 9.40. The van der Waals surface area contributed by atoms with Gasteiger partial charge >= 0.3 is 0 Å². The maximum Gasteiger partial charge on any atom is 0.232 e. The zero-order valence-electron chi connectivity index (χ0n) is 14.9. The molecule has 3 heterocycles. The number of aromatic nitrogens is 1. The molecule has 0 atom stereocenters. The van der Waals surface area contributed by atoms with Crippen LogP contribution in [0.15, 0.2) is 24.4 Å². The van der Waals surface area contributed by atoms with Gasteiger partial charge in [-0.3, -0.25) is 9.78 Å². The lowest BCUT2D eigenvalue weighted by Gasteiger charge is -2.32. The topological polar surface area (TPSA) is 45.7 Å². The fourth-order valence-corrected chi connectivity index (χ4v) is 4.30. The van der Waals surface area contributed by atoms with Crippen molar-refractivity contribution in [3.63, 3.8) is 0 Å². The average molecular weight is 364 g/mol. The van der Waals surface area contributed by atoms with Crippen LogP contribution in [0.4, 0.5) is 0 Å². The standard InChI is InChI=1S/C19H29N3O2S/c23-19(16-25-14-13-21-9-3-4-10-21)22-11-6-18(7-12-22)24-15-17-5-1-2-8-20-17/h1-2,5,8,18H,3-4,6-7,9-16H2. The van der Waals surface area contributed by atoms with Crippen LogP contribution in [0.5, 0.6) is 0 Å². The molecule has 0 aliphatic carbocycles. The maximum atomic E-state index is 12.3. The summed E-state index contributed by atoms with van der Waals surface area (Å²) in [5.41, 5.74) is 0.968. The van der Waals surface area contributed by atoms with Crippen LogP contribution in [0.1, 0.15) is 31.4 Å². The molecule has 6 heteroatoms. The van der Waals surface area contributed by atoms with E-state index in [0.29, 0.717) is 12.4 Å². The van der Waals surface area contributed by atoms with E-state index < -0.39 is 0 Å². The summed E-state index contributed by atoms with van der Waals surface area (Å²) in [5.74, 6) is 1.97. The molecule has 138 valence electrons. The van der Waals surface area contributed by atoms with Crippen LogP contribution >= 0.6 is 11.8 Å². The van der Waals surface area contributed by atoms with Gasteiger partial charge in [-0.25, -0.2) is 0 Å². The third-order valence-corrected chi connectivity index (χ3v) is 5.89. The lowest BCUT2D eigenvalue weighted by atomic mass is 10.1. The van der Waals surface area contributed by atoms with Crippen molar-refractivity contribution in [2.24, 2.45) is 0 Å². The summed E-state index contributed by atoms with van der Waals surface area (Å²) in [6, 6.07) is 5.88. The Morgan fingerprint density at radius 1 is 1.20 bits per heavy atom. The number of nitrogens with zero attached hydrogens (tertiary/aromatic N) is 3. The fourth-order valence-electron chi connectivity index (χ4n) is 3.41. The summed E-state index contributed by atoms with van der Waals surface area (Å²) in [4.78, 5) is 21.1. The Morgan fingerprint density at radius 2 is 2.00 bits per heavy atom. The SMILES string of the molecule is O=C(CSCCN1CCCC1)N1CCC(OCc2ccccn2)CC1. The summed E-state index contributed by atoms with van der Waals surface area (Å²) >= 11 is 1.78. The Morgan fingerprint density at radius 3 is 2.72 bits per heavy atom. The maximum absolute atomic E-state index is 12.3. The smallest absolute Gasteiger partial charge is 0.232 e. The van der Waals surface area contributed by atoms with Crippen LogP contribution in [-0.2, 0) is 16.1 Å². The third-order valence-electron chi connectivity index (χ3n) is 4.96. The second-order valence-corrected chi connectivity index (χ2v) is 7.92. The summed E-state index contributed by atoms with van der Waals surface area (Å²) in [5, 5.41) is 0. The highest BCUT2D eigenvalue weighted by atomic mass is 32.2. The lowest BCUT2D eigenvalue weighted by molar-refractivity contribution is -0.131. The predicted octanol–water partition coefficient (Wildman–Crippen LogP) is 2.42. The normalized spacial score (nSPS) is 19.4. The monoisotopic (exact) mass is 363 g/mol. The number of carbonyl (C=O) groups is 1. The first kappa shape index (κ1) is 18.7. The van der Waals surface area contributed by atoms with Crippen molar-refractivity contribution in [3.05, 3.63) is 30.1 Å². The van der Waals surface area contributed by atoms with Gasteiger partial charge in [0.2, 0.25) is 5.91 Å². The molecule has 0 spiro atoms. The molecule has 2 aliphatic rings. The van der Waals surface area contributed by atoms with Gasteiger partial charge in [0.25, 0.3) is 0 Å². The van der Waals surface area contributed by atoms with Gasteiger partial charge in [0.1, 0.15) is 0 Å². The summed E-state index contributed by atoms with van der Waals surface area (Å²) in [6.07, 6.45) is 6.56. The molecule has 1 aromatic heterocycles. The minimum atomic E-state index is 0.244. The van der Waals surface area contributed by atoms with E-state index in [1.165, 1.54) is 25.9 Å². The fraction of sp³-hybridized carbons (Fsp3) is 0.684. The van der Waals surface area contributed by atoms with E-state index in [-0.39, 0.29) is 12.0 Å². The molecular weight excluding hydrogens is 334 g/mol. The van der Waals surface area contributed by atoms with Crippen molar-refractivity contribution in [1.29, 1.82) is 0 Å². The largest absolute Gasteiger partial charge is 0.372 e. The Balaban J connectivity index is 1.27. The molecule has 0 N–H and O–H groups in total.